The summed E-state index contributed by atoms with van der Waals surface area (Å²) in [5, 5.41) is 4.14. The van der Waals surface area contributed by atoms with E-state index in [0.717, 1.165) is 5.69 Å². The molecule has 0 bridgehead atoms. The van der Waals surface area contributed by atoms with Gasteiger partial charge in [-0.15, -0.1) is 5.10 Å². The van der Waals surface area contributed by atoms with Crippen molar-refractivity contribution in [3.63, 3.8) is 0 Å². The van der Waals surface area contributed by atoms with E-state index in [1.165, 1.54) is 7.11 Å². The van der Waals surface area contributed by atoms with Crippen LogP contribution in [0.5, 0.6) is 5.88 Å². The second kappa shape index (κ2) is 2.62. The van der Waals surface area contributed by atoms with E-state index in [1.807, 2.05) is 13.0 Å². The topological polar surface area (TPSA) is 65.4 Å². The first kappa shape index (κ1) is 7.85. The minimum atomic E-state index is 0.418. The second-order valence-corrected chi connectivity index (χ2v) is 2.74. The quantitative estimate of drug-likeness (QED) is 0.695. The number of aryl methyl sites for hydroxylation is 1. The van der Waals surface area contributed by atoms with Gasteiger partial charge in [0.25, 0.3) is 5.88 Å². The third-order valence-electron chi connectivity index (χ3n) is 1.90. The lowest BCUT2D eigenvalue weighted by molar-refractivity contribution is 0.396. The molecule has 0 amide bonds. The van der Waals surface area contributed by atoms with Gasteiger partial charge in [-0.1, -0.05) is 0 Å². The van der Waals surface area contributed by atoms with Crippen molar-refractivity contribution in [2.45, 2.75) is 6.92 Å². The molecule has 0 fully saturated rings. The fraction of sp³-hybridized carbons (Fsp3) is 0.250. The van der Waals surface area contributed by atoms with Gasteiger partial charge < -0.3 is 10.5 Å². The third-order valence-corrected chi connectivity index (χ3v) is 1.90. The van der Waals surface area contributed by atoms with Crippen molar-refractivity contribution in [1.29, 1.82) is 0 Å². The largest absolute Gasteiger partial charge is 0.478 e. The molecule has 2 rings (SSSR count). The van der Waals surface area contributed by atoms with E-state index < -0.39 is 0 Å². The molecule has 68 valence electrons. The smallest absolute Gasteiger partial charge is 0.258 e. The van der Waals surface area contributed by atoms with E-state index >= 15 is 0 Å². The number of nitrogens with zero attached hydrogens (tertiary/aromatic N) is 3. The van der Waals surface area contributed by atoms with Crippen LogP contribution >= 0.6 is 0 Å². The highest BCUT2D eigenvalue weighted by atomic mass is 16.5. The van der Waals surface area contributed by atoms with Crippen LogP contribution in [-0.4, -0.2) is 21.7 Å². The van der Waals surface area contributed by atoms with Gasteiger partial charge in [-0.3, -0.25) is 0 Å². The molecule has 0 radical (unpaired) electrons. The predicted octanol–water partition coefficient (Wildman–Crippen LogP) is 0.629. The molecule has 0 aromatic carbocycles. The Morgan fingerprint density at radius 3 is 2.92 bits per heavy atom. The number of hydrogen-bond acceptors (Lipinski definition) is 4. The molecule has 0 aliphatic carbocycles. The van der Waals surface area contributed by atoms with Crippen LogP contribution in [0.2, 0.25) is 0 Å². The number of nitrogens with two attached hydrogens (primary N) is 1. The highest BCUT2D eigenvalue weighted by Crippen LogP contribution is 2.23. The molecule has 2 aromatic heterocycles. The fourth-order valence-corrected chi connectivity index (χ4v) is 1.21. The van der Waals surface area contributed by atoms with Crippen molar-refractivity contribution < 1.29 is 4.74 Å². The highest BCUT2D eigenvalue weighted by Gasteiger charge is 2.11. The monoisotopic (exact) mass is 178 g/mol. The molecule has 2 aromatic rings. The van der Waals surface area contributed by atoms with Crippen LogP contribution in [-0.2, 0) is 0 Å². The maximum absolute atomic E-state index is 5.75. The Bertz CT molecular complexity index is 449. The van der Waals surface area contributed by atoms with Crippen LogP contribution in [0.15, 0.2) is 12.3 Å². The van der Waals surface area contributed by atoms with Crippen molar-refractivity contribution in [2.24, 2.45) is 0 Å². The number of methoxy groups -OCH3 is 1. The average molecular weight is 178 g/mol. The van der Waals surface area contributed by atoms with Crippen LogP contribution in [0.4, 0.5) is 5.69 Å². The molecule has 0 unspecified atom stereocenters. The summed E-state index contributed by atoms with van der Waals surface area (Å²) >= 11 is 0. The van der Waals surface area contributed by atoms with E-state index in [-0.39, 0.29) is 0 Å². The number of nitrogen functional groups attached to an aromatic ring is 1. The van der Waals surface area contributed by atoms with Crippen molar-refractivity contribution >= 4 is 11.3 Å². The number of ether oxygens (including phenoxy) is 1. The Kier molecular flexibility index (Phi) is 1.58. The van der Waals surface area contributed by atoms with Crippen LogP contribution in [0.3, 0.4) is 0 Å². The SMILES string of the molecule is COc1nn2c(C)ccnc2c1N. The zero-order valence-corrected chi connectivity index (χ0v) is 7.48. The van der Waals surface area contributed by atoms with Gasteiger partial charge in [0.2, 0.25) is 0 Å². The summed E-state index contributed by atoms with van der Waals surface area (Å²) < 4.78 is 6.65. The normalized spacial score (nSPS) is 10.6. The van der Waals surface area contributed by atoms with Crippen LogP contribution in [0.1, 0.15) is 5.69 Å². The highest BCUT2D eigenvalue weighted by molar-refractivity contribution is 5.70. The Labute approximate surface area is 75.1 Å². The summed E-state index contributed by atoms with van der Waals surface area (Å²) in [6.07, 6.45) is 1.70. The lowest BCUT2D eigenvalue weighted by atomic mass is 10.4. The molecular weight excluding hydrogens is 168 g/mol. The Balaban J connectivity index is 2.83. The Morgan fingerprint density at radius 2 is 2.31 bits per heavy atom. The summed E-state index contributed by atoms with van der Waals surface area (Å²) in [6.45, 7) is 1.93. The molecular formula is C8H10N4O. The molecule has 5 nitrogen and oxygen atoms in total. The first-order valence-corrected chi connectivity index (χ1v) is 3.88. The van der Waals surface area contributed by atoms with E-state index in [4.69, 9.17) is 10.5 Å². The van der Waals surface area contributed by atoms with Crippen molar-refractivity contribution in [1.82, 2.24) is 14.6 Å². The van der Waals surface area contributed by atoms with Gasteiger partial charge in [0, 0.05) is 11.9 Å². The van der Waals surface area contributed by atoms with Gasteiger partial charge >= 0.3 is 0 Å². The van der Waals surface area contributed by atoms with Crippen molar-refractivity contribution in [2.75, 3.05) is 12.8 Å². The molecule has 0 aliphatic heterocycles. The van der Waals surface area contributed by atoms with Crippen molar-refractivity contribution in [3.8, 4) is 5.88 Å². The van der Waals surface area contributed by atoms with Gasteiger partial charge in [-0.25, -0.2) is 9.50 Å². The van der Waals surface area contributed by atoms with Crippen LogP contribution in [0, 0.1) is 6.92 Å². The maximum Gasteiger partial charge on any atom is 0.258 e. The number of anilines is 1. The predicted molar refractivity (Wildman–Crippen MR) is 48.7 cm³/mol. The fourth-order valence-electron chi connectivity index (χ4n) is 1.21. The molecule has 2 heterocycles. The molecule has 0 atom stereocenters. The minimum absolute atomic E-state index is 0.418. The summed E-state index contributed by atoms with van der Waals surface area (Å²) in [7, 11) is 1.54. The van der Waals surface area contributed by atoms with Crippen molar-refractivity contribution in [3.05, 3.63) is 18.0 Å². The first-order valence-electron chi connectivity index (χ1n) is 3.88. The molecule has 0 saturated heterocycles. The summed E-state index contributed by atoms with van der Waals surface area (Å²) in [4.78, 5) is 4.11. The summed E-state index contributed by atoms with van der Waals surface area (Å²) in [6, 6.07) is 1.86. The number of hydrogen-bond donors (Lipinski definition) is 1. The van der Waals surface area contributed by atoms with Gasteiger partial charge in [0.1, 0.15) is 5.69 Å². The minimum Gasteiger partial charge on any atom is -0.478 e. The molecule has 13 heavy (non-hydrogen) atoms. The zero-order chi connectivity index (χ0) is 9.42. The van der Waals surface area contributed by atoms with Crippen LogP contribution < -0.4 is 10.5 Å². The van der Waals surface area contributed by atoms with Gasteiger partial charge in [0.05, 0.1) is 7.11 Å². The van der Waals surface area contributed by atoms with E-state index in [1.54, 1.807) is 10.7 Å². The molecule has 0 saturated carbocycles. The standard InChI is InChI=1S/C8H10N4O/c1-5-3-4-10-7-6(9)8(13-2)11-12(5)7/h3-4H,9H2,1-2H3. The van der Waals surface area contributed by atoms with Gasteiger partial charge in [-0.05, 0) is 13.0 Å². The molecule has 0 aliphatic rings. The van der Waals surface area contributed by atoms with Crippen LogP contribution in [0.25, 0.3) is 5.65 Å². The van der Waals surface area contributed by atoms with E-state index in [2.05, 4.69) is 10.1 Å². The number of aromatic nitrogens is 3. The van der Waals surface area contributed by atoms with E-state index in [0.29, 0.717) is 17.2 Å². The van der Waals surface area contributed by atoms with Gasteiger partial charge in [0.15, 0.2) is 5.65 Å². The Morgan fingerprint density at radius 1 is 1.54 bits per heavy atom. The second-order valence-electron chi connectivity index (χ2n) is 2.74. The lowest BCUT2D eigenvalue weighted by Crippen LogP contribution is -1.94. The maximum atomic E-state index is 5.75. The first-order chi connectivity index (χ1) is 6.24. The number of fused-ring (bicyclic) bond motifs is 1. The third kappa shape index (κ3) is 1.00. The average Bonchev–Trinajstić information content (AvgIpc) is 2.45. The summed E-state index contributed by atoms with van der Waals surface area (Å²) in [5.74, 6) is 0.418. The molecule has 2 N–H and O–H groups in total. The van der Waals surface area contributed by atoms with Gasteiger partial charge in [-0.2, -0.15) is 0 Å². The molecule has 5 heteroatoms. The summed E-state index contributed by atoms with van der Waals surface area (Å²) in [5.41, 5.74) is 7.83. The zero-order valence-electron chi connectivity index (χ0n) is 7.48. The Hall–Kier alpha value is -1.78. The molecule has 0 spiro atoms. The lowest BCUT2D eigenvalue weighted by Gasteiger charge is -1.94. The number of rotatable bonds is 1. The van der Waals surface area contributed by atoms with E-state index in [9.17, 15) is 0 Å².